The van der Waals surface area contributed by atoms with Crippen LogP contribution in [0.5, 0.6) is 0 Å². The van der Waals surface area contributed by atoms with Gasteiger partial charge in [-0.25, -0.2) is 4.39 Å². The molecule has 1 aromatic rings. The number of hydrogen-bond acceptors (Lipinski definition) is 1. The molecular formula is C12H14FN. The van der Waals surface area contributed by atoms with E-state index in [9.17, 15) is 4.39 Å². The molecular weight excluding hydrogens is 177 g/mol. The Kier molecular flexibility index (Phi) is 2.53. The van der Waals surface area contributed by atoms with Crippen LogP contribution in [0.3, 0.4) is 0 Å². The molecule has 0 spiro atoms. The van der Waals surface area contributed by atoms with Gasteiger partial charge in [0.05, 0.1) is 0 Å². The lowest BCUT2D eigenvalue weighted by Crippen LogP contribution is -2.16. The van der Waals surface area contributed by atoms with Crippen molar-refractivity contribution in [1.29, 1.82) is 0 Å². The highest BCUT2D eigenvalue weighted by molar-refractivity contribution is 5.61. The summed E-state index contributed by atoms with van der Waals surface area (Å²) in [5.74, 6) is -0.192. The Balaban J connectivity index is 2.14. The first-order chi connectivity index (χ1) is 6.77. The van der Waals surface area contributed by atoms with Crippen LogP contribution in [-0.2, 0) is 0 Å². The van der Waals surface area contributed by atoms with E-state index in [1.54, 1.807) is 12.1 Å². The fourth-order valence-electron chi connectivity index (χ4n) is 1.81. The summed E-state index contributed by atoms with van der Waals surface area (Å²) >= 11 is 0. The fraction of sp³-hybridized carbons (Fsp3) is 0.333. The molecule has 0 bridgehead atoms. The molecule has 2 rings (SSSR count). The Hall–Kier alpha value is -1.31. The van der Waals surface area contributed by atoms with E-state index in [2.05, 4.69) is 11.5 Å². The summed E-state index contributed by atoms with van der Waals surface area (Å²) < 4.78 is 12.7. The van der Waals surface area contributed by atoms with Gasteiger partial charge in [0.1, 0.15) is 5.82 Å². The first-order valence-corrected chi connectivity index (χ1v) is 4.97. The lowest BCUT2D eigenvalue weighted by atomic mass is 10.1. The SMILES string of the molecule is C=C(c1ccc(F)cc1)N1CCCC1. The van der Waals surface area contributed by atoms with Crippen molar-refractivity contribution < 1.29 is 4.39 Å². The van der Waals surface area contributed by atoms with E-state index in [-0.39, 0.29) is 5.82 Å². The topological polar surface area (TPSA) is 3.24 Å². The predicted molar refractivity (Wildman–Crippen MR) is 56.2 cm³/mol. The monoisotopic (exact) mass is 191 g/mol. The molecule has 0 radical (unpaired) electrons. The Bertz CT molecular complexity index is 323. The van der Waals surface area contributed by atoms with Crippen molar-refractivity contribution in [1.82, 2.24) is 4.90 Å². The van der Waals surface area contributed by atoms with Gasteiger partial charge in [0.2, 0.25) is 0 Å². The van der Waals surface area contributed by atoms with E-state index in [1.807, 2.05) is 0 Å². The molecule has 1 fully saturated rings. The zero-order valence-corrected chi connectivity index (χ0v) is 8.17. The quantitative estimate of drug-likeness (QED) is 0.694. The second kappa shape index (κ2) is 3.82. The number of hydrogen-bond donors (Lipinski definition) is 0. The highest BCUT2D eigenvalue weighted by atomic mass is 19.1. The standard InChI is InChI=1S/C12H14FN/c1-10(14-8-2-3-9-14)11-4-6-12(13)7-5-11/h4-7H,1-3,8-9H2. The summed E-state index contributed by atoms with van der Waals surface area (Å²) in [5.41, 5.74) is 2.04. The molecule has 0 amide bonds. The summed E-state index contributed by atoms with van der Waals surface area (Å²) in [4.78, 5) is 2.26. The van der Waals surface area contributed by atoms with E-state index < -0.39 is 0 Å². The van der Waals surface area contributed by atoms with Gasteiger partial charge in [-0.2, -0.15) is 0 Å². The first-order valence-electron chi connectivity index (χ1n) is 4.97. The highest BCUT2D eigenvalue weighted by Crippen LogP contribution is 2.22. The third-order valence-corrected chi connectivity index (χ3v) is 2.67. The Morgan fingerprint density at radius 1 is 1.14 bits per heavy atom. The maximum atomic E-state index is 12.7. The van der Waals surface area contributed by atoms with Gasteiger partial charge < -0.3 is 4.90 Å². The van der Waals surface area contributed by atoms with Crippen molar-refractivity contribution in [2.45, 2.75) is 12.8 Å². The van der Waals surface area contributed by atoms with E-state index in [0.29, 0.717) is 0 Å². The smallest absolute Gasteiger partial charge is 0.123 e. The number of likely N-dealkylation sites (tertiary alicyclic amines) is 1. The Labute approximate surface area is 83.9 Å². The number of nitrogens with zero attached hydrogens (tertiary/aromatic N) is 1. The fourth-order valence-corrected chi connectivity index (χ4v) is 1.81. The van der Waals surface area contributed by atoms with Crippen LogP contribution in [0.2, 0.25) is 0 Å². The van der Waals surface area contributed by atoms with Crippen LogP contribution in [0.4, 0.5) is 4.39 Å². The van der Waals surface area contributed by atoms with Crippen molar-refractivity contribution in [2.24, 2.45) is 0 Å². The number of benzene rings is 1. The Morgan fingerprint density at radius 2 is 1.71 bits per heavy atom. The van der Waals surface area contributed by atoms with Crippen LogP contribution >= 0.6 is 0 Å². The zero-order valence-electron chi connectivity index (χ0n) is 8.17. The largest absolute Gasteiger partial charge is 0.372 e. The zero-order chi connectivity index (χ0) is 9.97. The Morgan fingerprint density at radius 3 is 2.29 bits per heavy atom. The van der Waals surface area contributed by atoms with Crippen molar-refractivity contribution in [3.8, 4) is 0 Å². The average molecular weight is 191 g/mol. The van der Waals surface area contributed by atoms with Crippen LogP contribution in [0.15, 0.2) is 30.8 Å². The molecule has 0 atom stereocenters. The van der Waals surface area contributed by atoms with Gasteiger partial charge in [0.25, 0.3) is 0 Å². The van der Waals surface area contributed by atoms with E-state index >= 15 is 0 Å². The maximum Gasteiger partial charge on any atom is 0.123 e. The second-order valence-electron chi connectivity index (χ2n) is 3.65. The molecule has 1 aliphatic rings. The van der Waals surface area contributed by atoms with Gasteiger partial charge in [-0.05, 0) is 30.5 Å². The average Bonchev–Trinajstić information content (AvgIpc) is 2.71. The summed E-state index contributed by atoms with van der Waals surface area (Å²) in [6.45, 7) is 6.20. The summed E-state index contributed by atoms with van der Waals surface area (Å²) in [6, 6.07) is 6.54. The van der Waals surface area contributed by atoms with Crippen LogP contribution in [0, 0.1) is 5.82 Å². The molecule has 0 unspecified atom stereocenters. The first kappa shape index (κ1) is 9.25. The molecule has 1 aliphatic heterocycles. The van der Waals surface area contributed by atoms with Crippen molar-refractivity contribution in [3.05, 3.63) is 42.2 Å². The molecule has 0 N–H and O–H groups in total. The maximum absolute atomic E-state index is 12.7. The van der Waals surface area contributed by atoms with Crippen molar-refractivity contribution in [2.75, 3.05) is 13.1 Å². The molecule has 0 saturated carbocycles. The number of halogens is 1. The predicted octanol–water partition coefficient (Wildman–Crippen LogP) is 2.89. The van der Waals surface area contributed by atoms with Gasteiger partial charge in [0, 0.05) is 18.8 Å². The molecule has 1 saturated heterocycles. The molecule has 1 nitrogen and oxygen atoms in total. The normalized spacial score (nSPS) is 15.9. The molecule has 0 aliphatic carbocycles. The lowest BCUT2D eigenvalue weighted by Gasteiger charge is -2.20. The minimum absolute atomic E-state index is 0.192. The van der Waals surface area contributed by atoms with Gasteiger partial charge in [-0.1, -0.05) is 18.7 Å². The van der Waals surface area contributed by atoms with E-state index in [4.69, 9.17) is 0 Å². The molecule has 1 aromatic carbocycles. The summed E-state index contributed by atoms with van der Waals surface area (Å²) in [7, 11) is 0. The van der Waals surface area contributed by atoms with Crippen LogP contribution in [-0.4, -0.2) is 18.0 Å². The minimum Gasteiger partial charge on any atom is -0.372 e. The van der Waals surface area contributed by atoms with Crippen LogP contribution < -0.4 is 0 Å². The second-order valence-corrected chi connectivity index (χ2v) is 3.65. The van der Waals surface area contributed by atoms with Gasteiger partial charge >= 0.3 is 0 Å². The lowest BCUT2D eigenvalue weighted by molar-refractivity contribution is 0.494. The van der Waals surface area contributed by atoms with Gasteiger partial charge in [-0.15, -0.1) is 0 Å². The van der Waals surface area contributed by atoms with Crippen molar-refractivity contribution >= 4 is 5.70 Å². The molecule has 14 heavy (non-hydrogen) atoms. The number of rotatable bonds is 2. The third kappa shape index (κ3) is 1.79. The molecule has 74 valence electrons. The van der Waals surface area contributed by atoms with Crippen LogP contribution in [0.1, 0.15) is 18.4 Å². The van der Waals surface area contributed by atoms with Crippen molar-refractivity contribution in [3.63, 3.8) is 0 Å². The third-order valence-electron chi connectivity index (χ3n) is 2.67. The van der Waals surface area contributed by atoms with Gasteiger partial charge in [-0.3, -0.25) is 0 Å². The molecule has 0 aromatic heterocycles. The molecule has 1 heterocycles. The van der Waals surface area contributed by atoms with E-state index in [0.717, 1.165) is 24.4 Å². The molecule has 2 heteroatoms. The highest BCUT2D eigenvalue weighted by Gasteiger charge is 2.14. The van der Waals surface area contributed by atoms with Crippen LogP contribution in [0.25, 0.3) is 5.70 Å². The van der Waals surface area contributed by atoms with E-state index in [1.165, 1.54) is 25.0 Å². The summed E-state index contributed by atoms with van der Waals surface area (Å²) in [5, 5.41) is 0. The van der Waals surface area contributed by atoms with Gasteiger partial charge in [0.15, 0.2) is 0 Å². The summed E-state index contributed by atoms with van der Waals surface area (Å²) in [6.07, 6.45) is 2.47. The minimum atomic E-state index is -0.192.